The largest absolute Gasteiger partial charge is 0.342 e. The summed E-state index contributed by atoms with van der Waals surface area (Å²) in [7, 11) is 0. The molecule has 0 unspecified atom stereocenters. The molecule has 0 atom stereocenters. The van der Waals surface area contributed by atoms with Gasteiger partial charge in [-0.15, -0.1) is 5.10 Å². The average molecular weight is 207 g/mol. The highest BCUT2D eigenvalue weighted by atomic mass is 16.2. The molecule has 1 aromatic rings. The summed E-state index contributed by atoms with van der Waals surface area (Å²) in [4.78, 5) is 17.0. The third-order valence-corrected chi connectivity index (χ3v) is 2.05. The number of nitriles is 1. The molecule has 0 radical (unpaired) electrons. The van der Waals surface area contributed by atoms with E-state index in [9.17, 15) is 4.79 Å². The predicted molar refractivity (Wildman–Crippen MR) is 52.7 cm³/mol. The molecule has 0 saturated heterocycles. The molecule has 1 aromatic heterocycles. The molecule has 0 N–H and O–H groups in total. The SMILES string of the molecule is CCN(CC)C(=O)Cn1cnc(C#N)n1. The fraction of sp³-hybridized carbons (Fsp3) is 0.556. The van der Waals surface area contributed by atoms with Gasteiger partial charge in [-0.3, -0.25) is 4.79 Å². The van der Waals surface area contributed by atoms with Gasteiger partial charge in [-0.2, -0.15) is 5.26 Å². The average Bonchev–Trinajstić information content (AvgIpc) is 2.67. The summed E-state index contributed by atoms with van der Waals surface area (Å²) < 4.78 is 1.37. The number of aromatic nitrogens is 3. The van der Waals surface area contributed by atoms with E-state index in [0.717, 1.165) is 0 Å². The first-order valence-electron chi connectivity index (χ1n) is 4.78. The molecule has 0 aromatic carbocycles. The molecule has 6 nitrogen and oxygen atoms in total. The zero-order chi connectivity index (χ0) is 11.3. The first-order valence-corrected chi connectivity index (χ1v) is 4.78. The van der Waals surface area contributed by atoms with E-state index in [4.69, 9.17) is 5.26 Å². The molecule has 6 heteroatoms. The second-order valence-electron chi connectivity index (χ2n) is 2.94. The van der Waals surface area contributed by atoms with E-state index in [-0.39, 0.29) is 18.3 Å². The van der Waals surface area contributed by atoms with Crippen LogP contribution in [0.3, 0.4) is 0 Å². The Morgan fingerprint density at radius 2 is 2.27 bits per heavy atom. The lowest BCUT2D eigenvalue weighted by Gasteiger charge is -2.17. The first kappa shape index (κ1) is 11.2. The van der Waals surface area contributed by atoms with Crippen molar-refractivity contribution in [2.75, 3.05) is 13.1 Å². The Kier molecular flexibility index (Phi) is 3.80. The third kappa shape index (κ3) is 2.77. The van der Waals surface area contributed by atoms with Crippen LogP contribution in [0, 0.1) is 11.3 Å². The van der Waals surface area contributed by atoms with Gasteiger partial charge in [0.15, 0.2) is 0 Å². The first-order chi connectivity index (χ1) is 7.21. The Bertz CT molecular complexity index is 374. The van der Waals surface area contributed by atoms with Crippen LogP contribution in [0.5, 0.6) is 0 Å². The van der Waals surface area contributed by atoms with Crippen LogP contribution in [-0.2, 0) is 11.3 Å². The summed E-state index contributed by atoms with van der Waals surface area (Å²) >= 11 is 0. The number of carbonyl (C=O) groups is 1. The van der Waals surface area contributed by atoms with E-state index in [0.29, 0.717) is 13.1 Å². The highest BCUT2D eigenvalue weighted by molar-refractivity contribution is 5.75. The molecule has 1 rings (SSSR count). The molecule has 1 heterocycles. The van der Waals surface area contributed by atoms with E-state index in [1.165, 1.54) is 11.0 Å². The fourth-order valence-corrected chi connectivity index (χ4v) is 1.24. The normalized spacial score (nSPS) is 9.67. The van der Waals surface area contributed by atoms with Gasteiger partial charge in [0.25, 0.3) is 5.82 Å². The van der Waals surface area contributed by atoms with Gasteiger partial charge in [0.2, 0.25) is 5.91 Å². The molecule has 0 bridgehead atoms. The maximum absolute atomic E-state index is 11.6. The quantitative estimate of drug-likeness (QED) is 0.697. The minimum absolute atomic E-state index is 0.0191. The lowest BCUT2D eigenvalue weighted by Crippen LogP contribution is -2.33. The summed E-state index contributed by atoms with van der Waals surface area (Å²) in [5.74, 6) is 0.0664. The van der Waals surface area contributed by atoms with E-state index >= 15 is 0 Å². The van der Waals surface area contributed by atoms with E-state index < -0.39 is 0 Å². The lowest BCUT2D eigenvalue weighted by atomic mass is 10.4. The molecule has 0 aliphatic heterocycles. The monoisotopic (exact) mass is 207 g/mol. The lowest BCUT2D eigenvalue weighted by molar-refractivity contribution is -0.131. The van der Waals surface area contributed by atoms with Crippen LogP contribution < -0.4 is 0 Å². The van der Waals surface area contributed by atoms with E-state index in [1.54, 1.807) is 4.90 Å². The highest BCUT2D eigenvalue weighted by Crippen LogP contribution is 1.93. The van der Waals surface area contributed by atoms with Gasteiger partial charge in [-0.25, -0.2) is 9.67 Å². The van der Waals surface area contributed by atoms with Crippen molar-refractivity contribution < 1.29 is 4.79 Å². The number of rotatable bonds is 4. The number of likely N-dealkylation sites (N-methyl/N-ethyl adjacent to an activating group) is 1. The fourth-order valence-electron chi connectivity index (χ4n) is 1.24. The van der Waals surface area contributed by atoms with E-state index in [1.807, 2.05) is 19.9 Å². The van der Waals surface area contributed by atoms with Crippen molar-refractivity contribution >= 4 is 5.91 Å². The zero-order valence-corrected chi connectivity index (χ0v) is 8.84. The van der Waals surface area contributed by atoms with Crippen LogP contribution in [0.25, 0.3) is 0 Å². The Balaban J connectivity index is 2.62. The standard InChI is InChI=1S/C9H13N5O/c1-3-13(4-2)9(15)6-14-7-11-8(5-10)12-14/h7H,3-4,6H2,1-2H3. The number of nitrogens with zero attached hydrogens (tertiary/aromatic N) is 5. The summed E-state index contributed by atoms with van der Waals surface area (Å²) in [6, 6.07) is 1.81. The summed E-state index contributed by atoms with van der Waals surface area (Å²) in [6.07, 6.45) is 1.39. The van der Waals surface area contributed by atoms with Crippen molar-refractivity contribution in [3.05, 3.63) is 12.2 Å². The van der Waals surface area contributed by atoms with Gasteiger partial charge < -0.3 is 4.90 Å². The van der Waals surface area contributed by atoms with Crippen molar-refractivity contribution in [1.29, 1.82) is 5.26 Å². The molecular formula is C9H13N5O. The van der Waals surface area contributed by atoms with Crippen molar-refractivity contribution in [3.63, 3.8) is 0 Å². The molecule has 0 saturated carbocycles. The summed E-state index contributed by atoms with van der Waals surface area (Å²) in [6.45, 7) is 5.33. The predicted octanol–water partition coefficient (Wildman–Crippen LogP) is 0.0182. The van der Waals surface area contributed by atoms with E-state index in [2.05, 4.69) is 10.1 Å². The van der Waals surface area contributed by atoms with Crippen LogP contribution in [0.4, 0.5) is 0 Å². The Hall–Kier alpha value is -1.90. The van der Waals surface area contributed by atoms with Crippen LogP contribution in [0.1, 0.15) is 19.7 Å². The summed E-state index contributed by atoms with van der Waals surface area (Å²) in [5.41, 5.74) is 0. The molecule has 0 aliphatic carbocycles. The Morgan fingerprint density at radius 3 is 2.73 bits per heavy atom. The molecule has 15 heavy (non-hydrogen) atoms. The van der Waals surface area contributed by atoms with Crippen LogP contribution in [-0.4, -0.2) is 38.7 Å². The van der Waals surface area contributed by atoms with Crippen molar-refractivity contribution in [1.82, 2.24) is 19.7 Å². The third-order valence-electron chi connectivity index (χ3n) is 2.05. The second kappa shape index (κ2) is 5.10. The Labute approximate surface area is 88.1 Å². The van der Waals surface area contributed by atoms with Crippen molar-refractivity contribution in [2.24, 2.45) is 0 Å². The van der Waals surface area contributed by atoms with Gasteiger partial charge in [0.05, 0.1) is 0 Å². The molecule has 1 amide bonds. The number of hydrogen-bond acceptors (Lipinski definition) is 4. The van der Waals surface area contributed by atoms with Gasteiger partial charge >= 0.3 is 0 Å². The van der Waals surface area contributed by atoms with Gasteiger partial charge in [0.1, 0.15) is 18.9 Å². The minimum atomic E-state index is -0.0191. The Morgan fingerprint density at radius 1 is 1.60 bits per heavy atom. The molecule has 80 valence electrons. The maximum atomic E-state index is 11.6. The zero-order valence-electron chi connectivity index (χ0n) is 8.84. The number of amides is 1. The second-order valence-corrected chi connectivity index (χ2v) is 2.94. The maximum Gasteiger partial charge on any atom is 0.252 e. The van der Waals surface area contributed by atoms with Crippen LogP contribution in [0.15, 0.2) is 6.33 Å². The van der Waals surface area contributed by atoms with Gasteiger partial charge in [-0.05, 0) is 13.8 Å². The van der Waals surface area contributed by atoms with Crippen LogP contribution in [0.2, 0.25) is 0 Å². The smallest absolute Gasteiger partial charge is 0.252 e. The minimum Gasteiger partial charge on any atom is -0.342 e. The number of hydrogen-bond donors (Lipinski definition) is 0. The van der Waals surface area contributed by atoms with Gasteiger partial charge in [0, 0.05) is 13.1 Å². The highest BCUT2D eigenvalue weighted by Gasteiger charge is 2.11. The van der Waals surface area contributed by atoms with Crippen molar-refractivity contribution in [2.45, 2.75) is 20.4 Å². The van der Waals surface area contributed by atoms with Crippen LogP contribution >= 0.6 is 0 Å². The summed E-state index contributed by atoms with van der Waals surface area (Å²) in [5, 5.41) is 12.3. The molecule has 0 aliphatic rings. The molecule has 0 fully saturated rings. The topological polar surface area (TPSA) is 74.8 Å². The van der Waals surface area contributed by atoms with Crippen molar-refractivity contribution in [3.8, 4) is 6.07 Å². The molecule has 0 spiro atoms. The number of carbonyl (C=O) groups excluding carboxylic acids is 1. The van der Waals surface area contributed by atoms with Gasteiger partial charge in [-0.1, -0.05) is 0 Å². The molecular weight excluding hydrogens is 194 g/mol.